The Kier molecular flexibility index (Phi) is 6.04. The first-order valence-corrected chi connectivity index (χ1v) is 8.24. The summed E-state index contributed by atoms with van der Waals surface area (Å²) >= 11 is 0. The molecular formula is C12H27N3O2S. The Morgan fingerprint density at radius 1 is 1.28 bits per heavy atom. The van der Waals surface area contributed by atoms with Gasteiger partial charge in [-0.05, 0) is 38.6 Å². The van der Waals surface area contributed by atoms with Gasteiger partial charge in [0.2, 0.25) is 0 Å². The molecule has 1 fully saturated rings. The fourth-order valence-corrected chi connectivity index (χ4v) is 3.04. The monoisotopic (exact) mass is 277 g/mol. The van der Waals surface area contributed by atoms with Gasteiger partial charge in [-0.1, -0.05) is 13.8 Å². The third kappa shape index (κ3) is 5.65. The van der Waals surface area contributed by atoms with Crippen LogP contribution in [0.5, 0.6) is 0 Å². The lowest BCUT2D eigenvalue weighted by Crippen LogP contribution is -2.44. The van der Waals surface area contributed by atoms with Gasteiger partial charge in [0.15, 0.2) is 0 Å². The third-order valence-electron chi connectivity index (χ3n) is 3.28. The Hall–Kier alpha value is -0.170. The van der Waals surface area contributed by atoms with Crippen molar-refractivity contribution in [3.8, 4) is 0 Å². The minimum atomic E-state index is -3.31. The summed E-state index contributed by atoms with van der Waals surface area (Å²) in [6.07, 6.45) is 3.12. The van der Waals surface area contributed by atoms with E-state index >= 15 is 0 Å². The lowest BCUT2D eigenvalue weighted by molar-refractivity contribution is 0.428. The molecule has 0 aromatic carbocycles. The van der Waals surface area contributed by atoms with Crippen LogP contribution in [0.4, 0.5) is 0 Å². The van der Waals surface area contributed by atoms with E-state index in [-0.39, 0.29) is 6.04 Å². The molecule has 1 rings (SSSR count). The highest BCUT2D eigenvalue weighted by molar-refractivity contribution is 7.87. The second-order valence-corrected chi connectivity index (χ2v) is 7.34. The number of rotatable bonds is 9. The van der Waals surface area contributed by atoms with Crippen LogP contribution in [0.3, 0.4) is 0 Å². The van der Waals surface area contributed by atoms with E-state index in [1.54, 1.807) is 7.05 Å². The van der Waals surface area contributed by atoms with Gasteiger partial charge in [-0.25, -0.2) is 0 Å². The molecule has 0 spiro atoms. The zero-order valence-corrected chi connectivity index (χ0v) is 12.8. The molecule has 0 aromatic heterocycles. The number of hydrogen-bond donors (Lipinski definition) is 2. The summed E-state index contributed by atoms with van der Waals surface area (Å²) in [5.74, 6) is 0.538. The molecule has 1 unspecified atom stereocenters. The molecule has 0 aliphatic heterocycles. The molecule has 0 amide bonds. The molecule has 2 N–H and O–H groups in total. The smallest absolute Gasteiger partial charge is 0.279 e. The molecule has 6 heteroatoms. The van der Waals surface area contributed by atoms with E-state index in [0.717, 1.165) is 25.8 Å². The largest absolute Gasteiger partial charge is 0.314 e. The van der Waals surface area contributed by atoms with Gasteiger partial charge in [-0.2, -0.15) is 17.4 Å². The molecule has 1 aliphatic carbocycles. The van der Waals surface area contributed by atoms with Crippen molar-refractivity contribution in [2.45, 2.75) is 52.1 Å². The van der Waals surface area contributed by atoms with Gasteiger partial charge < -0.3 is 5.32 Å². The van der Waals surface area contributed by atoms with Crippen molar-refractivity contribution in [3.05, 3.63) is 0 Å². The number of nitrogens with one attached hydrogen (secondary N) is 2. The van der Waals surface area contributed by atoms with Crippen molar-refractivity contribution in [1.29, 1.82) is 0 Å². The number of hydrogen-bond acceptors (Lipinski definition) is 3. The highest BCUT2D eigenvalue weighted by Crippen LogP contribution is 2.32. The maximum atomic E-state index is 12.0. The van der Waals surface area contributed by atoms with Gasteiger partial charge in [0.05, 0.1) is 0 Å². The Morgan fingerprint density at radius 3 is 2.39 bits per heavy atom. The summed E-state index contributed by atoms with van der Waals surface area (Å²) in [6.45, 7) is 7.50. The summed E-state index contributed by atoms with van der Waals surface area (Å²) in [5.41, 5.74) is 0. The molecule has 108 valence electrons. The van der Waals surface area contributed by atoms with Crippen LogP contribution < -0.4 is 10.0 Å². The standard InChI is InChI=1S/C12H27N3O2S/c1-10(2)13-8-5-9-15(4)18(16,17)14-11(3)12-6-7-12/h10-14H,5-9H2,1-4H3. The second kappa shape index (κ2) is 6.84. The summed E-state index contributed by atoms with van der Waals surface area (Å²) < 4.78 is 28.1. The van der Waals surface area contributed by atoms with E-state index in [1.165, 1.54) is 4.31 Å². The molecule has 1 atom stereocenters. The Bertz CT molecular complexity index is 339. The Balaban J connectivity index is 2.27. The van der Waals surface area contributed by atoms with Crippen molar-refractivity contribution in [2.24, 2.45) is 5.92 Å². The minimum absolute atomic E-state index is 0.0613. The van der Waals surface area contributed by atoms with Gasteiger partial charge in [-0.15, -0.1) is 0 Å². The zero-order chi connectivity index (χ0) is 13.8. The average Bonchev–Trinajstić information content (AvgIpc) is 3.06. The average molecular weight is 277 g/mol. The van der Waals surface area contributed by atoms with Gasteiger partial charge in [0.25, 0.3) is 10.2 Å². The fraction of sp³-hybridized carbons (Fsp3) is 1.00. The molecule has 18 heavy (non-hydrogen) atoms. The molecule has 0 radical (unpaired) electrons. The van der Waals surface area contributed by atoms with E-state index in [0.29, 0.717) is 18.5 Å². The molecule has 1 aliphatic rings. The van der Waals surface area contributed by atoms with E-state index < -0.39 is 10.2 Å². The normalized spacial score (nSPS) is 18.6. The van der Waals surface area contributed by atoms with Gasteiger partial charge in [-0.3, -0.25) is 0 Å². The highest BCUT2D eigenvalue weighted by Gasteiger charge is 2.31. The summed E-state index contributed by atoms with van der Waals surface area (Å²) in [4.78, 5) is 0. The van der Waals surface area contributed by atoms with Crippen LogP contribution in [0.1, 0.15) is 40.0 Å². The van der Waals surface area contributed by atoms with Crippen LogP contribution in [-0.4, -0.2) is 44.9 Å². The van der Waals surface area contributed by atoms with Crippen LogP contribution in [0.15, 0.2) is 0 Å². The number of nitrogens with zero attached hydrogens (tertiary/aromatic N) is 1. The first-order chi connectivity index (χ1) is 8.33. The van der Waals surface area contributed by atoms with E-state index in [9.17, 15) is 8.42 Å². The van der Waals surface area contributed by atoms with Crippen molar-refractivity contribution in [3.63, 3.8) is 0 Å². The zero-order valence-electron chi connectivity index (χ0n) is 11.9. The van der Waals surface area contributed by atoms with Crippen molar-refractivity contribution < 1.29 is 8.42 Å². The van der Waals surface area contributed by atoms with E-state index in [4.69, 9.17) is 0 Å². The van der Waals surface area contributed by atoms with Crippen LogP contribution >= 0.6 is 0 Å². The van der Waals surface area contributed by atoms with Gasteiger partial charge in [0.1, 0.15) is 0 Å². The van der Waals surface area contributed by atoms with Crippen LogP contribution in [0.2, 0.25) is 0 Å². The topological polar surface area (TPSA) is 61.4 Å². The first kappa shape index (κ1) is 15.9. The van der Waals surface area contributed by atoms with E-state index in [2.05, 4.69) is 23.9 Å². The predicted octanol–water partition coefficient (Wildman–Crippen LogP) is 0.939. The fourth-order valence-electron chi connectivity index (χ4n) is 1.83. The molecule has 0 aromatic rings. The predicted molar refractivity (Wildman–Crippen MR) is 74.6 cm³/mol. The van der Waals surface area contributed by atoms with Crippen LogP contribution in [0.25, 0.3) is 0 Å². The maximum absolute atomic E-state index is 12.0. The molecule has 0 heterocycles. The molecule has 5 nitrogen and oxygen atoms in total. The SMILES string of the molecule is CC(C)NCCCN(C)S(=O)(=O)NC(C)C1CC1. The lowest BCUT2D eigenvalue weighted by atomic mass is 10.2. The van der Waals surface area contributed by atoms with Gasteiger partial charge >= 0.3 is 0 Å². The molecular weight excluding hydrogens is 250 g/mol. The maximum Gasteiger partial charge on any atom is 0.279 e. The summed E-state index contributed by atoms with van der Waals surface area (Å²) in [5, 5.41) is 3.28. The summed E-state index contributed by atoms with van der Waals surface area (Å²) in [6, 6.07) is 0.506. The molecule has 0 saturated heterocycles. The van der Waals surface area contributed by atoms with Gasteiger partial charge in [0, 0.05) is 25.7 Å². The minimum Gasteiger partial charge on any atom is -0.314 e. The van der Waals surface area contributed by atoms with Crippen molar-refractivity contribution >= 4 is 10.2 Å². The quantitative estimate of drug-likeness (QED) is 0.617. The van der Waals surface area contributed by atoms with Crippen molar-refractivity contribution in [2.75, 3.05) is 20.1 Å². The van der Waals surface area contributed by atoms with Crippen LogP contribution in [0, 0.1) is 5.92 Å². The molecule has 0 bridgehead atoms. The Labute approximate surface area is 112 Å². The lowest BCUT2D eigenvalue weighted by Gasteiger charge is -2.21. The highest BCUT2D eigenvalue weighted by atomic mass is 32.2. The second-order valence-electron chi connectivity index (χ2n) is 5.53. The Morgan fingerprint density at radius 2 is 1.89 bits per heavy atom. The van der Waals surface area contributed by atoms with Crippen LogP contribution in [-0.2, 0) is 10.2 Å². The van der Waals surface area contributed by atoms with Crippen molar-refractivity contribution in [1.82, 2.24) is 14.3 Å². The van der Waals surface area contributed by atoms with E-state index in [1.807, 2.05) is 6.92 Å². The molecule has 1 saturated carbocycles. The third-order valence-corrected chi connectivity index (χ3v) is 4.95. The summed E-state index contributed by atoms with van der Waals surface area (Å²) in [7, 11) is -1.67. The first-order valence-electron chi connectivity index (χ1n) is 6.80.